The number of nitriles is 1. The summed E-state index contributed by atoms with van der Waals surface area (Å²) in [7, 11) is 0. The molecule has 0 radical (unpaired) electrons. The van der Waals surface area contributed by atoms with Gasteiger partial charge in [-0.3, -0.25) is 4.99 Å². The molecule has 0 fully saturated rings. The Balaban J connectivity index is 1.34. The molecule has 2 heterocycles. The van der Waals surface area contributed by atoms with Crippen molar-refractivity contribution in [3.8, 4) is 45.9 Å². The minimum absolute atomic E-state index is 0.0749. The first-order valence-corrected chi connectivity index (χ1v) is 19.3. The minimum Gasteiger partial charge on any atom is -0.309 e. The number of aromatic nitrogens is 1. The first-order chi connectivity index (χ1) is 27.4. The quantitative estimate of drug-likeness (QED) is 0.125. The van der Waals surface area contributed by atoms with E-state index in [0.29, 0.717) is 12.0 Å². The average molecular weight is 720 g/mol. The number of nitrogens with zero attached hydrogens (tertiary/aromatic N) is 3. The average Bonchev–Trinajstić information content (AvgIpc) is 3.70. The third kappa shape index (κ3) is 5.81. The monoisotopic (exact) mass is 719 g/mol. The Morgan fingerprint density at radius 2 is 1.55 bits per heavy atom. The Morgan fingerprint density at radius 1 is 0.786 bits per heavy atom. The summed E-state index contributed by atoms with van der Waals surface area (Å²) in [4.78, 5) is 5.47. The molecule has 268 valence electrons. The number of rotatable bonds is 6. The number of hydrogen-bond donors (Lipinski definition) is 0. The van der Waals surface area contributed by atoms with Gasteiger partial charge in [0.1, 0.15) is 0 Å². The van der Waals surface area contributed by atoms with E-state index in [-0.39, 0.29) is 11.3 Å². The van der Waals surface area contributed by atoms with Crippen LogP contribution in [0.2, 0.25) is 0 Å². The van der Waals surface area contributed by atoms with Crippen molar-refractivity contribution in [2.24, 2.45) is 4.99 Å². The molecule has 0 amide bonds. The van der Waals surface area contributed by atoms with Crippen LogP contribution >= 0.6 is 0 Å². The molecule has 7 aromatic rings. The molecule has 9 rings (SSSR count). The second kappa shape index (κ2) is 14.0. The van der Waals surface area contributed by atoms with E-state index in [1.165, 1.54) is 44.3 Å². The van der Waals surface area contributed by atoms with Gasteiger partial charge in [-0.25, -0.2) is 0 Å². The molecule has 2 aliphatic rings. The molecule has 1 atom stereocenters. The fraction of sp³-hybridized carbons (Fsp3) is 0.132. The van der Waals surface area contributed by atoms with Crippen molar-refractivity contribution in [2.45, 2.75) is 45.4 Å². The van der Waals surface area contributed by atoms with Crippen molar-refractivity contribution < 1.29 is 0 Å². The Hall–Kier alpha value is -6.94. The number of aliphatic imine (C=N–C) groups is 1. The maximum absolute atomic E-state index is 10.3. The van der Waals surface area contributed by atoms with Gasteiger partial charge in [-0.15, -0.1) is 0 Å². The number of aryl methyl sites for hydroxylation is 1. The van der Waals surface area contributed by atoms with E-state index >= 15 is 0 Å². The van der Waals surface area contributed by atoms with Gasteiger partial charge in [-0.1, -0.05) is 141 Å². The van der Waals surface area contributed by atoms with Crippen LogP contribution in [0, 0.1) is 30.1 Å². The van der Waals surface area contributed by atoms with Crippen molar-refractivity contribution in [3.05, 3.63) is 196 Å². The summed E-state index contributed by atoms with van der Waals surface area (Å²) < 4.78 is 2.41. The summed E-state index contributed by atoms with van der Waals surface area (Å²) in [5, 5.41) is 11.5. The van der Waals surface area contributed by atoms with Crippen molar-refractivity contribution in [2.75, 3.05) is 0 Å². The molecule has 0 bridgehead atoms. The molecule has 1 unspecified atom stereocenters. The highest BCUT2D eigenvalue weighted by Crippen LogP contribution is 2.52. The fourth-order valence-electron chi connectivity index (χ4n) is 8.76. The summed E-state index contributed by atoms with van der Waals surface area (Å²) in [6.45, 7) is 8.85. The lowest BCUT2D eigenvalue weighted by molar-refractivity contribution is 0.661. The lowest BCUT2D eigenvalue weighted by atomic mass is 9.82. The van der Waals surface area contributed by atoms with Crippen molar-refractivity contribution in [1.29, 1.82) is 5.26 Å². The summed E-state index contributed by atoms with van der Waals surface area (Å²) in [6.07, 6.45) is 8.90. The van der Waals surface area contributed by atoms with Crippen LogP contribution < -0.4 is 0 Å². The molecule has 0 saturated carbocycles. The van der Waals surface area contributed by atoms with Gasteiger partial charge in [-0.2, -0.15) is 5.26 Å². The van der Waals surface area contributed by atoms with Crippen LogP contribution in [-0.4, -0.2) is 10.3 Å². The fourth-order valence-corrected chi connectivity index (χ4v) is 8.76. The van der Waals surface area contributed by atoms with Gasteiger partial charge >= 0.3 is 0 Å². The van der Waals surface area contributed by atoms with E-state index in [1.807, 2.05) is 43.3 Å². The Kier molecular flexibility index (Phi) is 8.73. The lowest BCUT2D eigenvalue weighted by Gasteiger charge is -2.22. The maximum Gasteiger partial charge on any atom is 0.0998 e. The molecule has 1 aliphatic carbocycles. The SMILES string of the molecule is C/C=C\C=C/c1cc2ccc3c(c2n1-c1cc(C2=Nc4cccc(C)c4C(c4ccccc4)C#CC2)cc(-c2ccccc2C#N)c1)-c1ccccc1C3(C)C. The summed E-state index contributed by atoms with van der Waals surface area (Å²) in [5.41, 5.74) is 17.0. The van der Waals surface area contributed by atoms with Gasteiger partial charge in [0.2, 0.25) is 0 Å². The molecule has 6 aromatic carbocycles. The zero-order valence-corrected chi connectivity index (χ0v) is 32.1. The number of allylic oxidation sites excluding steroid dienone is 3. The van der Waals surface area contributed by atoms with Crippen molar-refractivity contribution in [1.82, 2.24) is 4.57 Å². The molecular weight excluding hydrogens is 679 g/mol. The van der Waals surface area contributed by atoms with E-state index in [1.54, 1.807) is 0 Å². The molecule has 0 N–H and O–H groups in total. The van der Waals surface area contributed by atoms with Gasteiger partial charge in [0.05, 0.1) is 40.9 Å². The van der Waals surface area contributed by atoms with Crippen LogP contribution in [0.3, 0.4) is 0 Å². The van der Waals surface area contributed by atoms with Gasteiger partial charge in [0.25, 0.3) is 0 Å². The Morgan fingerprint density at radius 3 is 2.38 bits per heavy atom. The highest BCUT2D eigenvalue weighted by atomic mass is 15.0. The number of hydrogen-bond acceptors (Lipinski definition) is 2. The minimum atomic E-state index is -0.149. The van der Waals surface area contributed by atoms with E-state index < -0.39 is 0 Å². The second-order valence-corrected chi connectivity index (χ2v) is 15.2. The molecule has 0 spiro atoms. The first-order valence-electron chi connectivity index (χ1n) is 19.3. The van der Waals surface area contributed by atoms with Crippen LogP contribution in [-0.2, 0) is 5.41 Å². The lowest BCUT2D eigenvalue weighted by Crippen LogP contribution is -2.14. The van der Waals surface area contributed by atoms with E-state index in [4.69, 9.17) is 4.99 Å². The standard InChI is InChI=1S/C53H41N3/c1-5-6-8-21-41-31-37-28-29-47-51(45-23-13-14-25-46(45)53(47,3)4)52(37)56(41)42-32-39(43-22-12-11-20-38(43)34-54)30-40(33-42)48-26-16-24-44(36-18-9-7-10-19-36)50-35(2)17-15-27-49(50)55-48/h5-15,17-23,25,27-33,44H,26H2,1-4H3/b6-5-,21-8-,55-48?. The summed E-state index contributed by atoms with van der Waals surface area (Å²) in [5.74, 6) is 7.14. The predicted octanol–water partition coefficient (Wildman–Crippen LogP) is 13.0. The summed E-state index contributed by atoms with van der Waals surface area (Å²) in [6, 6.07) is 49.6. The Labute approximate surface area is 329 Å². The van der Waals surface area contributed by atoms with Gasteiger partial charge < -0.3 is 4.57 Å². The number of benzene rings is 6. The van der Waals surface area contributed by atoms with Crippen LogP contribution in [0.4, 0.5) is 5.69 Å². The molecule has 0 saturated heterocycles. The topological polar surface area (TPSA) is 41.1 Å². The zero-order valence-electron chi connectivity index (χ0n) is 32.1. The largest absolute Gasteiger partial charge is 0.309 e. The van der Waals surface area contributed by atoms with Gasteiger partial charge in [0.15, 0.2) is 0 Å². The second-order valence-electron chi connectivity index (χ2n) is 15.2. The van der Waals surface area contributed by atoms with Crippen LogP contribution in [0.1, 0.15) is 77.7 Å². The smallest absolute Gasteiger partial charge is 0.0998 e. The van der Waals surface area contributed by atoms with E-state index in [0.717, 1.165) is 45.0 Å². The molecular formula is C53H41N3. The molecule has 1 aliphatic heterocycles. The zero-order chi connectivity index (χ0) is 38.4. The van der Waals surface area contributed by atoms with Crippen LogP contribution in [0.5, 0.6) is 0 Å². The number of fused-ring (bicyclic) bond motifs is 6. The molecule has 3 heteroatoms. The van der Waals surface area contributed by atoms with Crippen molar-refractivity contribution >= 4 is 28.4 Å². The van der Waals surface area contributed by atoms with Crippen LogP contribution in [0.25, 0.3) is 44.9 Å². The van der Waals surface area contributed by atoms with Gasteiger partial charge in [0, 0.05) is 33.3 Å². The molecule has 3 nitrogen and oxygen atoms in total. The Bertz CT molecular complexity index is 2900. The third-order valence-electron chi connectivity index (χ3n) is 11.5. The van der Waals surface area contributed by atoms with E-state index in [9.17, 15) is 5.26 Å². The highest BCUT2D eigenvalue weighted by molar-refractivity contribution is 6.06. The normalized spacial score (nSPS) is 15.3. The molecule has 1 aromatic heterocycles. The van der Waals surface area contributed by atoms with Crippen LogP contribution in [0.15, 0.2) is 157 Å². The van der Waals surface area contributed by atoms with Gasteiger partial charge in [-0.05, 0) is 101 Å². The van der Waals surface area contributed by atoms with Crippen molar-refractivity contribution in [3.63, 3.8) is 0 Å². The highest BCUT2D eigenvalue weighted by Gasteiger charge is 2.37. The molecule has 56 heavy (non-hydrogen) atoms. The predicted molar refractivity (Wildman–Crippen MR) is 233 cm³/mol. The summed E-state index contributed by atoms with van der Waals surface area (Å²) >= 11 is 0. The third-order valence-corrected chi connectivity index (χ3v) is 11.5. The van der Waals surface area contributed by atoms with E-state index in [2.05, 4.69) is 165 Å². The first kappa shape index (κ1) is 34.8. The maximum atomic E-state index is 10.3.